The first kappa shape index (κ1) is 33.9. The van der Waals surface area contributed by atoms with Gasteiger partial charge in [0, 0.05) is 24.4 Å². The number of carboxylic acid groups (broad SMARTS) is 1. The summed E-state index contributed by atoms with van der Waals surface area (Å²) in [6.45, 7) is 4.35. The second-order valence-electron chi connectivity index (χ2n) is 9.15. The van der Waals surface area contributed by atoms with Crippen LogP contribution in [0.4, 0.5) is 0 Å². The zero-order chi connectivity index (χ0) is 27.9. The number of carbonyl (C=O) groups is 4. The van der Waals surface area contributed by atoms with Crippen LogP contribution in [0.3, 0.4) is 0 Å². The molecular weight excluding hydrogens is 498 g/mol. The number of aliphatic carboxylic acids is 1. The second-order valence-corrected chi connectivity index (χ2v) is 12.1. The van der Waals surface area contributed by atoms with Gasteiger partial charge in [-0.2, -0.15) is 0 Å². The predicted octanol–water partition coefficient (Wildman–Crippen LogP) is -1.00. The minimum absolute atomic E-state index is 0.0821. The van der Waals surface area contributed by atoms with Gasteiger partial charge in [0.25, 0.3) is 0 Å². The lowest BCUT2D eigenvalue weighted by Crippen LogP contribution is -2.38. The number of carbonyl (C=O) groups excluding carboxylic acids is 3. The largest absolute Gasteiger partial charge is 0.481 e. The molecule has 0 aliphatic rings. The van der Waals surface area contributed by atoms with E-state index in [0.29, 0.717) is 6.42 Å². The number of hydrogen-bond donors (Lipinski definition) is 8. The van der Waals surface area contributed by atoms with Crippen LogP contribution in [-0.2, 0) is 28.8 Å². The molecule has 0 spiro atoms. The molecule has 5 unspecified atom stereocenters. The van der Waals surface area contributed by atoms with Crippen LogP contribution in [0.1, 0.15) is 46.0 Å². The monoisotopic (exact) mass is 539 g/mol. The van der Waals surface area contributed by atoms with Gasteiger partial charge in [-0.05, 0) is 44.7 Å². The minimum Gasteiger partial charge on any atom is -0.481 e. The zero-order valence-electron chi connectivity index (χ0n) is 21.0. The number of aliphatic hydroxyl groups excluding tert-OH is 1. The lowest BCUT2D eigenvalue weighted by Gasteiger charge is -2.24. The third-order valence-corrected chi connectivity index (χ3v) is 6.95. The number of rotatable bonds is 20. The van der Waals surface area contributed by atoms with Gasteiger partial charge in [0.15, 0.2) is 0 Å². The fourth-order valence-electron chi connectivity index (χ4n) is 3.48. The quantitative estimate of drug-likeness (QED) is 0.0404. The lowest BCUT2D eigenvalue weighted by atomic mass is 9.82. The molecule has 0 saturated carbocycles. The molecule has 5 atom stereocenters. The maximum absolute atomic E-state index is 12.3. The van der Waals surface area contributed by atoms with E-state index < -0.39 is 62.0 Å². The Morgan fingerprint density at radius 2 is 1.61 bits per heavy atom. The van der Waals surface area contributed by atoms with Crippen molar-refractivity contribution in [2.45, 2.75) is 64.6 Å². The van der Waals surface area contributed by atoms with Crippen LogP contribution < -0.4 is 16.7 Å². The Kier molecular flexibility index (Phi) is 16.3. The summed E-state index contributed by atoms with van der Waals surface area (Å²) >= 11 is 0. The summed E-state index contributed by atoms with van der Waals surface area (Å²) in [5.41, 5.74) is 9.05. The maximum Gasteiger partial charge on any atom is 0.329 e. The van der Waals surface area contributed by atoms with Crippen molar-refractivity contribution in [3.8, 4) is 0 Å². The summed E-state index contributed by atoms with van der Waals surface area (Å²) < 4.78 is 5.21. The Morgan fingerprint density at radius 3 is 2.11 bits per heavy atom. The second kappa shape index (κ2) is 17.3. The van der Waals surface area contributed by atoms with Gasteiger partial charge in [-0.1, -0.05) is 13.8 Å². The van der Waals surface area contributed by atoms with Crippen molar-refractivity contribution in [2.24, 2.45) is 29.4 Å². The van der Waals surface area contributed by atoms with Gasteiger partial charge < -0.3 is 30.3 Å². The molecule has 14 nitrogen and oxygen atoms in total. The topological polar surface area (TPSA) is 238 Å². The predicted molar refractivity (Wildman–Crippen MR) is 127 cm³/mol. The highest BCUT2D eigenvalue weighted by molar-refractivity contribution is 6.63. The van der Waals surface area contributed by atoms with Crippen molar-refractivity contribution in [1.29, 1.82) is 0 Å². The Hall–Kier alpha value is -2.14. The van der Waals surface area contributed by atoms with E-state index in [1.165, 1.54) is 19.0 Å². The van der Waals surface area contributed by atoms with Crippen molar-refractivity contribution >= 4 is 32.3 Å². The molecule has 36 heavy (non-hydrogen) atoms. The minimum atomic E-state index is -3.13. The molecule has 0 aromatic carbocycles. The lowest BCUT2D eigenvalue weighted by molar-refractivity contribution is -0.143. The number of nitrogens with two attached hydrogens (primary N) is 1. The summed E-state index contributed by atoms with van der Waals surface area (Å²) in [6.07, 6.45) is -0.715. The fraction of sp³-hybridized carbons (Fsp3) is 0.810. The molecule has 9 N–H and O–H groups in total. The smallest absolute Gasteiger partial charge is 0.329 e. The number of nitrogens with one attached hydrogen (secondary N) is 2. The highest BCUT2D eigenvalue weighted by Gasteiger charge is 2.32. The van der Waals surface area contributed by atoms with E-state index in [-0.39, 0.29) is 51.5 Å². The van der Waals surface area contributed by atoms with Crippen LogP contribution in [-0.4, -0.2) is 83.2 Å². The van der Waals surface area contributed by atoms with Crippen molar-refractivity contribution < 1.29 is 53.8 Å². The summed E-state index contributed by atoms with van der Waals surface area (Å²) in [4.78, 5) is 71.3. The number of primary amides is 1. The van der Waals surface area contributed by atoms with Crippen LogP contribution in [0.2, 0.25) is 12.6 Å². The van der Waals surface area contributed by atoms with Crippen LogP contribution in [0, 0.1) is 23.7 Å². The number of aliphatic hydroxyl groups is 1. The number of carboxylic acids is 1. The van der Waals surface area contributed by atoms with E-state index in [1.54, 1.807) is 6.92 Å². The van der Waals surface area contributed by atoms with E-state index in [9.17, 15) is 39.0 Å². The standard InChI is InChI=1S/C21H41N3O11Si/c1-4-14(21(29)30)9-15(18(22)26)10-16(20(28)23-31)8-13(2)19(27)24-35-12-17(25)11-34-6-5-7-36(3,32)33/h13-17,25,31-33H,4-12H2,1-3H3,(H2,22,26)(H,23,28)(H,24,27)(H,29,30). The number of hydrogen-bond acceptors (Lipinski definition) is 10. The molecule has 0 aliphatic heterocycles. The molecule has 0 aliphatic carbocycles. The van der Waals surface area contributed by atoms with E-state index in [4.69, 9.17) is 20.5 Å². The van der Waals surface area contributed by atoms with Gasteiger partial charge in [-0.3, -0.25) is 29.2 Å². The number of amides is 3. The normalized spacial score (nSPS) is 15.9. The molecule has 3 amide bonds. The fourth-order valence-corrected chi connectivity index (χ4v) is 4.29. The van der Waals surface area contributed by atoms with Gasteiger partial charge in [-0.15, -0.1) is 0 Å². The Morgan fingerprint density at radius 1 is 1.00 bits per heavy atom. The summed E-state index contributed by atoms with van der Waals surface area (Å²) in [6, 6.07) is 0.238. The summed E-state index contributed by atoms with van der Waals surface area (Å²) in [5.74, 6) is -6.97. The van der Waals surface area contributed by atoms with Crippen molar-refractivity contribution in [3.05, 3.63) is 0 Å². The molecule has 0 radical (unpaired) electrons. The summed E-state index contributed by atoms with van der Waals surface area (Å²) in [5, 5.41) is 28.2. The summed E-state index contributed by atoms with van der Waals surface area (Å²) in [7, 11) is -3.13. The van der Waals surface area contributed by atoms with Crippen LogP contribution in [0.5, 0.6) is 0 Å². The first-order valence-corrected chi connectivity index (χ1v) is 14.4. The first-order valence-electron chi connectivity index (χ1n) is 11.8. The molecule has 0 bridgehead atoms. The van der Waals surface area contributed by atoms with E-state index in [2.05, 4.69) is 5.48 Å². The number of ether oxygens (including phenoxy) is 1. The van der Waals surface area contributed by atoms with E-state index >= 15 is 0 Å². The van der Waals surface area contributed by atoms with Crippen molar-refractivity contribution in [1.82, 2.24) is 11.0 Å². The Balaban J connectivity index is 4.70. The average Bonchev–Trinajstić information content (AvgIpc) is 2.78. The molecule has 0 rings (SSSR count). The third-order valence-electron chi connectivity index (χ3n) is 5.65. The van der Waals surface area contributed by atoms with Gasteiger partial charge in [0.2, 0.25) is 17.7 Å². The van der Waals surface area contributed by atoms with Gasteiger partial charge in [0.1, 0.15) is 12.7 Å². The molecular formula is C21H41N3O11Si. The zero-order valence-corrected chi connectivity index (χ0v) is 22.0. The molecule has 0 saturated heterocycles. The molecule has 15 heteroatoms. The van der Waals surface area contributed by atoms with Crippen molar-refractivity contribution in [2.75, 3.05) is 19.8 Å². The van der Waals surface area contributed by atoms with Crippen molar-refractivity contribution in [3.63, 3.8) is 0 Å². The van der Waals surface area contributed by atoms with Gasteiger partial charge in [-0.25, -0.2) is 11.0 Å². The first-order chi connectivity index (χ1) is 16.7. The van der Waals surface area contributed by atoms with Crippen LogP contribution >= 0.6 is 0 Å². The number of hydroxylamine groups is 2. The Bertz CT molecular complexity index is 705. The van der Waals surface area contributed by atoms with Gasteiger partial charge in [0.05, 0.1) is 12.5 Å². The third kappa shape index (κ3) is 15.1. The Labute approximate surface area is 211 Å². The SMILES string of the molecule is CCC(CC(CC(CC(C)C(=O)NOCC(O)COCCC[Si](C)(O)O)C(=O)NO)C(N)=O)C(=O)O. The molecule has 0 aromatic rings. The molecule has 0 heterocycles. The highest BCUT2D eigenvalue weighted by Crippen LogP contribution is 2.26. The van der Waals surface area contributed by atoms with Crippen LogP contribution in [0.15, 0.2) is 0 Å². The van der Waals surface area contributed by atoms with E-state index in [0.717, 1.165) is 0 Å². The van der Waals surface area contributed by atoms with Gasteiger partial charge >= 0.3 is 14.5 Å². The maximum atomic E-state index is 12.3. The molecule has 0 aromatic heterocycles. The average molecular weight is 540 g/mol. The highest BCUT2D eigenvalue weighted by atomic mass is 28.4. The van der Waals surface area contributed by atoms with E-state index in [1.807, 2.05) is 0 Å². The molecule has 210 valence electrons. The molecule has 0 fully saturated rings. The van der Waals surface area contributed by atoms with Crippen LogP contribution in [0.25, 0.3) is 0 Å².